The standard InChI is InChI=1S/C23H32N2O7S/c1-15(26)33-19-12-18(6-5-7-20(21(27)28)23(2,3)4)24(13-19)22(29)32-14-16-8-10-17(11-9-16)25(30)31/h8-11,18-20H,5-7,12-14H2,1-4H3,(H,27,28)/t18-,19+,20?/m1/s1. The average Bonchev–Trinajstić information content (AvgIpc) is 3.10. The van der Waals surface area contributed by atoms with Gasteiger partial charge in [-0.1, -0.05) is 39.0 Å². The first kappa shape index (κ1) is 26.6. The van der Waals surface area contributed by atoms with Gasteiger partial charge in [0.05, 0.1) is 10.8 Å². The molecule has 1 aromatic rings. The van der Waals surface area contributed by atoms with E-state index >= 15 is 0 Å². The van der Waals surface area contributed by atoms with Crippen molar-refractivity contribution in [2.45, 2.75) is 71.3 Å². The maximum atomic E-state index is 12.8. The Morgan fingerprint density at radius 1 is 1.27 bits per heavy atom. The number of benzene rings is 1. The van der Waals surface area contributed by atoms with Crippen molar-refractivity contribution in [2.75, 3.05) is 6.54 Å². The second-order valence-electron chi connectivity index (χ2n) is 9.44. The van der Waals surface area contributed by atoms with Gasteiger partial charge in [0, 0.05) is 36.9 Å². The molecule has 33 heavy (non-hydrogen) atoms. The van der Waals surface area contributed by atoms with E-state index in [4.69, 9.17) is 4.74 Å². The van der Waals surface area contributed by atoms with E-state index in [1.54, 1.807) is 17.0 Å². The lowest BCUT2D eigenvalue weighted by molar-refractivity contribution is -0.384. The summed E-state index contributed by atoms with van der Waals surface area (Å²) in [5.74, 6) is -1.30. The van der Waals surface area contributed by atoms with E-state index in [0.29, 0.717) is 37.8 Å². The predicted octanol–water partition coefficient (Wildman–Crippen LogP) is 4.87. The number of hydrogen-bond acceptors (Lipinski definition) is 7. The molecule has 0 aromatic heterocycles. The molecule has 2 rings (SSSR count). The molecule has 1 amide bonds. The summed E-state index contributed by atoms with van der Waals surface area (Å²) in [4.78, 5) is 47.9. The largest absolute Gasteiger partial charge is 0.481 e. The molecule has 0 spiro atoms. The zero-order chi connectivity index (χ0) is 24.8. The van der Waals surface area contributed by atoms with Gasteiger partial charge in [0.1, 0.15) is 6.61 Å². The molecule has 0 aliphatic carbocycles. The van der Waals surface area contributed by atoms with Crippen molar-refractivity contribution in [1.82, 2.24) is 4.90 Å². The molecule has 1 N–H and O–H groups in total. The van der Waals surface area contributed by atoms with Crippen molar-refractivity contribution < 1.29 is 29.2 Å². The maximum absolute atomic E-state index is 12.8. The number of carboxylic acids is 1. The van der Waals surface area contributed by atoms with Gasteiger partial charge in [0.25, 0.3) is 5.69 Å². The third-order valence-corrected chi connectivity index (χ3v) is 6.83. The van der Waals surface area contributed by atoms with E-state index in [9.17, 15) is 29.6 Å². The Hall–Kier alpha value is -2.62. The van der Waals surface area contributed by atoms with Crippen molar-refractivity contribution in [1.29, 1.82) is 0 Å². The predicted molar refractivity (Wildman–Crippen MR) is 125 cm³/mol. The lowest BCUT2D eigenvalue weighted by Gasteiger charge is -2.28. The van der Waals surface area contributed by atoms with Crippen LogP contribution in [0.5, 0.6) is 0 Å². The number of thioether (sulfide) groups is 1. The molecular formula is C23H32N2O7S. The van der Waals surface area contributed by atoms with E-state index in [2.05, 4.69) is 0 Å². The number of nitrogens with zero attached hydrogens (tertiary/aromatic N) is 2. The molecule has 0 radical (unpaired) electrons. The Kier molecular flexibility index (Phi) is 9.27. The zero-order valence-electron chi connectivity index (χ0n) is 19.5. The van der Waals surface area contributed by atoms with Crippen molar-refractivity contribution in [3.05, 3.63) is 39.9 Å². The number of nitro groups is 1. The monoisotopic (exact) mass is 480 g/mol. The average molecular weight is 481 g/mol. The van der Waals surface area contributed by atoms with Crippen LogP contribution in [0.4, 0.5) is 10.5 Å². The molecule has 1 aliphatic rings. The number of hydrogen-bond donors (Lipinski definition) is 1. The fourth-order valence-electron chi connectivity index (χ4n) is 4.12. The molecule has 9 nitrogen and oxygen atoms in total. The quantitative estimate of drug-likeness (QED) is 0.392. The normalized spacial score (nSPS) is 19.2. The Morgan fingerprint density at radius 2 is 1.91 bits per heavy atom. The van der Waals surface area contributed by atoms with Gasteiger partial charge in [-0.3, -0.25) is 19.7 Å². The van der Waals surface area contributed by atoms with Crippen LogP contribution < -0.4 is 0 Å². The second-order valence-corrected chi connectivity index (χ2v) is 10.9. The smallest absolute Gasteiger partial charge is 0.410 e. The molecule has 1 heterocycles. The molecule has 10 heteroatoms. The molecule has 182 valence electrons. The molecule has 0 saturated carbocycles. The van der Waals surface area contributed by atoms with E-state index in [1.165, 1.54) is 30.8 Å². The number of amides is 1. The van der Waals surface area contributed by atoms with E-state index in [1.807, 2.05) is 20.8 Å². The van der Waals surface area contributed by atoms with E-state index in [-0.39, 0.29) is 34.1 Å². The van der Waals surface area contributed by atoms with E-state index < -0.39 is 22.9 Å². The third kappa shape index (κ3) is 8.03. The number of likely N-dealkylation sites (tertiary alicyclic amines) is 1. The highest BCUT2D eigenvalue weighted by molar-refractivity contribution is 8.14. The minimum absolute atomic E-state index is 0.0153. The van der Waals surface area contributed by atoms with Crippen molar-refractivity contribution in [3.8, 4) is 0 Å². The highest BCUT2D eigenvalue weighted by atomic mass is 32.2. The van der Waals surface area contributed by atoms with Gasteiger partial charge in [-0.25, -0.2) is 4.79 Å². The fourth-order valence-corrected chi connectivity index (χ4v) is 5.14. The van der Waals surface area contributed by atoms with Gasteiger partial charge < -0.3 is 14.7 Å². The van der Waals surface area contributed by atoms with Crippen LogP contribution in [-0.4, -0.2) is 49.9 Å². The minimum atomic E-state index is -0.821. The van der Waals surface area contributed by atoms with Crippen LogP contribution in [0.15, 0.2) is 24.3 Å². The van der Waals surface area contributed by atoms with Gasteiger partial charge in [-0.05, 0) is 42.4 Å². The van der Waals surface area contributed by atoms with E-state index in [0.717, 1.165) is 0 Å². The lowest BCUT2D eigenvalue weighted by atomic mass is 9.77. The summed E-state index contributed by atoms with van der Waals surface area (Å²) >= 11 is 1.21. The topological polar surface area (TPSA) is 127 Å². The SMILES string of the molecule is CC(=O)S[C@H]1C[C@@H](CCCC(C(=O)O)C(C)(C)C)N(C(=O)OCc2ccc([N+](=O)[O-])cc2)C1. The maximum Gasteiger partial charge on any atom is 0.410 e. The van der Waals surface area contributed by atoms with Crippen LogP contribution in [0.3, 0.4) is 0 Å². The van der Waals surface area contributed by atoms with Crippen molar-refractivity contribution >= 4 is 34.6 Å². The summed E-state index contributed by atoms with van der Waals surface area (Å²) in [5, 5.41) is 20.3. The Morgan fingerprint density at radius 3 is 2.42 bits per heavy atom. The highest BCUT2D eigenvalue weighted by Gasteiger charge is 2.37. The fraction of sp³-hybridized carbons (Fsp3) is 0.609. The van der Waals surface area contributed by atoms with Crippen LogP contribution in [0.1, 0.15) is 58.9 Å². The van der Waals surface area contributed by atoms with Gasteiger partial charge in [0.2, 0.25) is 0 Å². The summed E-state index contributed by atoms with van der Waals surface area (Å²) in [7, 11) is 0. The lowest BCUT2D eigenvalue weighted by Crippen LogP contribution is -2.36. The number of non-ortho nitro benzene ring substituents is 1. The van der Waals surface area contributed by atoms with Crippen LogP contribution in [0.25, 0.3) is 0 Å². The highest BCUT2D eigenvalue weighted by Crippen LogP contribution is 2.34. The van der Waals surface area contributed by atoms with Crippen LogP contribution in [0.2, 0.25) is 0 Å². The molecule has 1 aliphatic heterocycles. The number of carbonyl (C=O) groups is 3. The van der Waals surface area contributed by atoms with Crippen molar-refractivity contribution in [2.24, 2.45) is 11.3 Å². The first-order chi connectivity index (χ1) is 15.4. The summed E-state index contributed by atoms with van der Waals surface area (Å²) in [5.41, 5.74) is 0.232. The second kappa shape index (κ2) is 11.5. The first-order valence-electron chi connectivity index (χ1n) is 10.9. The molecule has 3 atom stereocenters. The molecule has 1 saturated heterocycles. The summed E-state index contributed by atoms with van der Waals surface area (Å²) < 4.78 is 5.44. The van der Waals surface area contributed by atoms with Crippen LogP contribution in [0, 0.1) is 21.4 Å². The number of rotatable bonds is 9. The molecule has 1 unspecified atom stereocenters. The Balaban J connectivity index is 1.99. The Bertz CT molecular complexity index is 867. The number of ether oxygens (including phenoxy) is 1. The molecule has 1 aromatic carbocycles. The minimum Gasteiger partial charge on any atom is -0.481 e. The third-order valence-electron chi connectivity index (χ3n) is 5.83. The molecule has 0 bridgehead atoms. The summed E-state index contributed by atoms with van der Waals surface area (Å²) in [6.45, 7) is 7.58. The van der Waals surface area contributed by atoms with Gasteiger partial charge in [-0.15, -0.1) is 0 Å². The van der Waals surface area contributed by atoms with Gasteiger partial charge in [-0.2, -0.15) is 0 Å². The number of carboxylic acid groups (broad SMARTS) is 1. The zero-order valence-corrected chi connectivity index (χ0v) is 20.3. The number of aliphatic carboxylic acids is 1. The molecular weight excluding hydrogens is 448 g/mol. The van der Waals surface area contributed by atoms with Crippen molar-refractivity contribution in [3.63, 3.8) is 0 Å². The van der Waals surface area contributed by atoms with Crippen LogP contribution >= 0.6 is 11.8 Å². The van der Waals surface area contributed by atoms with Crippen LogP contribution in [-0.2, 0) is 20.9 Å². The van der Waals surface area contributed by atoms with Gasteiger partial charge >= 0.3 is 12.1 Å². The molecule has 1 fully saturated rings. The van der Waals surface area contributed by atoms with Gasteiger partial charge in [0.15, 0.2) is 5.12 Å². The summed E-state index contributed by atoms with van der Waals surface area (Å²) in [6, 6.07) is 5.66. The number of carbonyl (C=O) groups excluding carboxylic acids is 2. The summed E-state index contributed by atoms with van der Waals surface area (Å²) in [6.07, 6.45) is 1.91. The number of nitro benzene ring substituents is 1. The first-order valence-corrected chi connectivity index (χ1v) is 11.8. The Labute approximate surface area is 198 Å².